The van der Waals surface area contributed by atoms with Gasteiger partial charge in [-0.25, -0.2) is 9.37 Å². The number of hydrogen-bond donors (Lipinski definition) is 1. The van der Waals surface area contributed by atoms with Crippen LogP contribution in [0, 0.1) is 12.7 Å². The van der Waals surface area contributed by atoms with Crippen molar-refractivity contribution in [2.75, 3.05) is 5.73 Å². The molecule has 78 valence electrons. The normalized spacial score (nSPS) is 10.6. The van der Waals surface area contributed by atoms with Crippen LogP contribution in [0.25, 0.3) is 5.69 Å². The van der Waals surface area contributed by atoms with Gasteiger partial charge in [-0.2, -0.15) is 0 Å². The van der Waals surface area contributed by atoms with E-state index in [9.17, 15) is 4.39 Å². The van der Waals surface area contributed by atoms with Crippen LogP contribution in [-0.2, 0) is 0 Å². The summed E-state index contributed by atoms with van der Waals surface area (Å²) in [5, 5.41) is 0. The number of nitrogens with two attached hydrogens (primary N) is 1. The average molecular weight is 270 g/mol. The van der Waals surface area contributed by atoms with Crippen molar-refractivity contribution in [2.24, 2.45) is 0 Å². The van der Waals surface area contributed by atoms with E-state index >= 15 is 0 Å². The van der Waals surface area contributed by atoms with E-state index in [1.54, 1.807) is 16.8 Å². The van der Waals surface area contributed by atoms with Crippen LogP contribution >= 0.6 is 15.9 Å². The number of hydrogen-bond acceptors (Lipinski definition) is 2. The van der Waals surface area contributed by atoms with Gasteiger partial charge >= 0.3 is 0 Å². The van der Waals surface area contributed by atoms with Gasteiger partial charge in [-0.1, -0.05) is 0 Å². The van der Waals surface area contributed by atoms with Crippen LogP contribution in [0.5, 0.6) is 0 Å². The summed E-state index contributed by atoms with van der Waals surface area (Å²) in [7, 11) is 0. The Morgan fingerprint density at radius 1 is 1.47 bits per heavy atom. The van der Waals surface area contributed by atoms with E-state index in [1.165, 1.54) is 12.1 Å². The molecule has 3 nitrogen and oxygen atoms in total. The Morgan fingerprint density at radius 2 is 2.20 bits per heavy atom. The number of nitrogens with zero attached hydrogens (tertiary/aromatic N) is 2. The fourth-order valence-electron chi connectivity index (χ4n) is 1.39. The van der Waals surface area contributed by atoms with E-state index in [2.05, 4.69) is 20.9 Å². The van der Waals surface area contributed by atoms with Gasteiger partial charge in [0.2, 0.25) is 5.95 Å². The molecule has 0 amide bonds. The molecule has 0 radical (unpaired) electrons. The third-order valence-corrected chi connectivity index (χ3v) is 2.66. The van der Waals surface area contributed by atoms with Gasteiger partial charge in [0, 0.05) is 10.7 Å². The third-order valence-electron chi connectivity index (χ3n) is 2.02. The highest BCUT2D eigenvalue weighted by Gasteiger charge is 2.08. The van der Waals surface area contributed by atoms with E-state index in [1.807, 2.05) is 6.92 Å². The molecule has 0 aliphatic carbocycles. The summed E-state index contributed by atoms with van der Waals surface area (Å²) < 4.78 is 15.2. The van der Waals surface area contributed by atoms with Crippen LogP contribution in [0.3, 0.4) is 0 Å². The lowest BCUT2D eigenvalue weighted by molar-refractivity contribution is 0.626. The molecule has 0 unspecified atom stereocenters. The summed E-state index contributed by atoms with van der Waals surface area (Å²) in [4.78, 5) is 4.08. The van der Waals surface area contributed by atoms with Crippen LogP contribution < -0.4 is 5.73 Å². The van der Waals surface area contributed by atoms with Crippen LogP contribution in [0.15, 0.2) is 28.9 Å². The molecule has 0 atom stereocenters. The summed E-state index contributed by atoms with van der Waals surface area (Å²) in [6.07, 6.45) is 1.80. The van der Waals surface area contributed by atoms with E-state index < -0.39 is 0 Å². The lowest BCUT2D eigenvalue weighted by atomic mass is 10.3. The second-order valence-corrected chi connectivity index (χ2v) is 4.06. The minimum absolute atomic E-state index is 0.291. The van der Waals surface area contributed by atoms with E-state index in [4.69, 9.17) is 5.73 Å². The molecule has 0 aliphatic rings. The van der Waals surface area contributed by atoms with Crippen molar-refractivity contribution < 1.29 is 4.39 Å². The quantitative estimate of drug-likeness (QED) is 0.865. The molecule has 5 heteroatoms. The van der Waals surface area contributed by atoms with Crippen molar-refractivity contribution in [3.63, 3.8) is 0 Å². The molecule has 0 fully saturated rings. The molecule has 0 bridgehead atoms. The number of rotatable bonds is 1. The summed E-state index contributed by atoms with van der Waals surface area (Å²) in [6.45, 7) is 1.85. The lowest BCUT2D eigenvalue weighted by Crippen LogP contribution is -2.00. The van der Waals surface area contributed by atoms with Crippen LogP contribution in [0.4, 0.5) is 10.3 Å². The fraction of sp³-hybridized carbons (Fsp3) is 0.100. The van der Waals surface area contributed by atoms with E-state index in [0.29, 0.717) is 10.4 Å². The molecule has 0 aliphatic heterocycles. The Bertz CT molecular complexity index is 507. The molecule has 0 saturated carbocycles. The Balaban J connectivity index is 2.59. The molecule has 1 aromatic heterocycles. The molecule has 0 saturated heterocycles. The second-order valence-electron chi connectivity index (χ2n) is 3.21. The largest absolute Gasteiger partial charge is 0.369 e. The third kappa shape index (κ3) is 1.87. The standard InChI is InChI=1S/C10H9BrFN3/c1-6-5-15(10(13)14-6)9-3-2-7(12)4-8(9)11/h2-5H,1H3,(H2,13,14). The van der Waals surface area contributed by atoms with E-state index in [0.717, 1.165) is 11.4 Å². The highest BCUT2D eigenvalue weighted by molar-refractivity contribution is 9.10. The maximum atomic E-state index is 12.9. The van der Waals surface area contributed by atoms with Crippen LogP contribution in [0.2, 0.25) is 0 Å². The lowest BCUT2D eigenvalue weighted by Gasteiger charge is -2.06. The topological polar surface area (TPSA) is 43.8 Å². The monoisotopic (exact) mass is 269 g/mol. The van der Waals surface area contributed by atoms with Crippen LogP contribution in [0.1, 0.15) is 5.69 Å². The maximum absolute atomic E-state index is 12.9. The SMILES string of the molecule is Cc1cn(-c2ccc(F)cc2Br)c(N)n1. The fourth-order valence-corrected chi connectivity index (χ4v) is 1.93. The number of aromatic nitrogens is 2. The molecule has 2 rings (SSSR count). The van der Waals surface area contributed by atoms with Crippen molar-refractivity contribution in [3.8, 4) is 5.69 Å². The summed E-state index contributed by atoms with van der Waals surface area (Å²) in [6, 6.07) is 4.43. The van der Waals surface area contributed by atoms with Gasteiger partial charge in [-0.3, -0.25) is 4.57 Å². The molecule has 1 heterocycles. The number of imidazole rings is 1. The van der Waals surface area contributed by atoms with Crippen molar-refractivity contribution in [1.82, 2.24) is 9.55 Å². The summed E-state index contributed by atoms with van der Waals surface area (Å²) in [5.74, 6) is 0.0980. The Hall–Kier alpha value is -1.36. The number of anilines is 1. The Morgan fingerprint density at radius 3 is 2.73 bits per heavy atom. The molecule has 0 spiro atoms. The van der Waals surface area contributed by atoms with Gasteiger partial charge in [0.25, 0.3) is 0 Å². The predicted molar refractivity (Wildman–Crippen MR) is 60.4 cm³/mol. The highest BCUT2D eigenvalue weighted by Crippen LogP contribution is 2.24. The maximum Gasteiger partial charge on any atom is 0.205 e. The van der Waals surface area contributed by atoms with Crippen molar-refractivity contribution in [3.05, 3.63) is 40.4 Å². The minimum atomic E-state index is -0.291. The molecular weight excluding hydrogens is 261 g/mol. The first-order valence-electron chi connectivity index (χ1n) is 4.35. The van der Waals surface area contributed by atoms with Gasteiger partial charge in [0.1, 0.15) is 5.82 Å². The zero-order valence-corrected chi connectivity index (χ0v) is 9.62. The first kappa shape index (κ1) is 10.2. The van der Waals surface area contributed by atoms with Gasteiger partial charge in [0.15, 0.2) is 0 Å². The minimum Gasteiger partial charge on any atom is -0.369 e. The summed E-state index contributed by atoms with van der Waals surface area (Å²) in [5.41, 5.74) is 7.31. The van der Waals surface area contributed by atoms with Crippen molar-refractivity contribution >= 4 is 21.9 Å². The molecule has 1 aromatic carbocycles. The number of benzene rings is 1. The molecule has 15 heavy (non-hydrogen) atoms. The predicted octanol–water partition coefficient (Wildman–Crippen LogP) is 2.66. The van der Waals surface area contributed by atoms with Crippen molar-refractivity contribution in [1.29, 1.82) is 0 Å². The summed E-state index contributed by atoms with van der Waals surface area (Å²) >= 11 is 3.28. The zero-order chi connectivity index (χ0) is 11.0. The average Bonchev–Trinajstić information content (AvgIpc) is 2.45. The van der Waals surface area contributed by atoms with Gasteiger partial charge in [-0.05, 0) is 41.1 Å². The van der Waals surface area contributed by atoms with Gasteiger partial charge < -0.3 is 5.73 Å². The molecule has 2 aromatic rings. The van der Waals surface area contributed by atoms with Crippen LogP contribution in [-0.4, -0.2) is 9.55 Å². The van der Waals surface area contributed by atoms with Crippen molar-refractivity contribution in [2.45, 2.75) is 6.92 Å². The highest BCUT2D eigenvalue weighted by atomic mass is 79.9. The molecular formula is C10H9BrFN3. The Labute approximate surface area is 94.9 Å². The number of halogens is 2. The van der Waals surface area contributed by atoms with E-state index in [-0.39, 0.29) is 5.82 Å². The van der Waals surface area contributed by atoms with Gasteiger partial charge in [-0.15, -0.1) is 0 Å². The second kappa shape index (κ2) is 3.66. The molecule has 2 N–H and O–H groups in total. The first-order chi connectivity index (χ1) is 7.08. The first-order valence-corrected chi connectivity index (χ1v) is 5.14. The van der Waals surface area contributed by atoms with Gasteiger partial charge in [0.05, 0.1) is 11.4 Å². The smallest absolute Gasteiger partial charge is 0.205 e. The zero-order valence-electron chi connectivity index (χ0n) is 8.04. The number of aryl methyl sites for hydroxylation is 1. The Kier molecular flexibility index (Phi) is 2.48. The number of nitrogen functional groups attached to an aromatic ring is 1.